The number of methoxy groups -OCH3 is 1. The molecule has 1 heterocycles. The first-order chi connectivity index (χ1) is 14.8. The van der Waals surface area contributed by atoms with Crippen molar-refractivity contribution in [3.63, 3.8) is 0 Å². The molecule has 0 saturated heterocycles. The summed E-state index contributed by atoms with van der Waals surface area (Å²) in [7, 11) is 1.32. The second kappa shape index (κ2) is 9.87. The maximum Gasteiger partial charge on any atom is 0.346 e. The summed E-state index contributed by atoms with van der Waals surface area (Å²) in [5.74, 6) is 0.765. The van der Waals surface area contributed by atoms with Gasteiger partial charge in [0.2, 0.25) is 0 Å². The van der Waals surface area contributed by atoms with Gasteiger partial charge in [0.1, 0.15) is 11.6 Å². The molecule has 0 aliphatic rings. The first kappa shape index (κ1) is 22.7. The van der Waals surface area contributed by atoms with Gasteiger partial charge in [-0.3, -0.25) is 4.79 Å². The molecule has 0 saturated carbocycles. The molecule has 8 heteroatoms. The summed E-state index contributed by atoms with van der Waals surface area (Å²) in [5.41, 5.74) is 1.20. The molecule has 3 aromatic rings. The summed E-state index contributed by atoms with van der Waals surface area (Å²) in [5, 5.41) is 4.94. The van der Waals surface area contributed by atoms with Crippen molar-refractivity contribution in [2.24, 2.45) is 5.10 Å². The molecule has 0 aliphatic carbocycles. The number of carbonyl (C=O) groups excluding carboxylic acids is 1. The van der Waals surface area contributed by atoms with Gasteiger partial charge in [0.05, 0.1) is 24.2 Å². The average Bonchev–Trinajstić information content (AvgIpc) is 2.78. The Morgan fingerprint density at radius 3 is 2.58 bits per heavy atom. The van der Waals surface area contributed by atoms with Crippen LogP contribution in [-0.2, 0) is 9.53 Å². The smallest absolute Gasteiger partial charge is 0.346 e. The highest BCUT2D eigenvalue weighted by Crippen LogP contribution is 2.21. The summed E-state index contributed by atoms with van der Waals surface area (Å²) in [4.78, 5) is 29.3. The van der Waals surface area contributed by atoms with Crippen LogP contribution in [0.2, 0.25) is 0 Å². The number of ether oxygens (including phenoxy) is 2. The number of rotatable bonds is 7. The molecule has 2 atom stereocenters. The van der Waals surface area contributed by atoms with E-state index in [0.717, 1.165) is 16.5 Å². The van der Waals surface area contributed by atoms with Crippen LogP contribution in [0.25, 0.3) is 10.9 Å². The molecule has 0 N–H and O–H groups in total. The third-order valence-electron chi connectivity index (χ3n) is 4.93. The van der Waals surface area contributed by atoms with Gasteiger partial charge < -0.3 is 9.47 Å². The molecule has 0 spiro atoms. The van der Waals surface area contributed by atoms with E-state index in [1.54, 1.807) is 43.5 Å². The number of esters is 1. The zero-order valence-electron chi connectivity index (χ0n) is 17.8. The third-order valence-corrected chi connectivity index (χ3v) is 5.43. The Kier molecular flexibility index (Phi) is 7.22. The predicted molar refractivity (Wildman–Crippen MR) is 124 cm³/mol. The molecule has 0 bridgehead atoms. The van der Waals surface area contributed by atoms with Crippen LogP contribution in [0.5, 0.6) is 5.75 Å². The fraction of sp³-hybridized carbons (Fsp3) is 0.304. The summed E-state index contributed by atoms with van der Waals surface area (Å²) >= 11 is 3.41. The first-order valence-corrected chi connectivity index (χ1v) is 10.7. The van der Waals surface area contributed by atoms with E-state index in [1.165, 1.54) is 11.8 Å². The fourth-order valence-electron chi connectivity index (χ4n) is 2.95. The van der Waals surface area contributed by atoms with Gasteiger partial charge in [0.15, 0.2) is 6.10 Å². The molecular weight excluding hydrogens is 462 g/mol. The monoisotopic (exact) mass is 485 g/mol. The fourth-order valence-corrected chi connectivity index (χ4v) is 3.32. The van der Waals surface area contributed by atoms with E-state index in [2.05, 4.69) is 25.8 Å². The third kappa shape index (κ3) is 5.19. The summed E-state index contributed by atoms with van der Waals surface area (Å²) in [6.07, 6.45) is 1.73. The zero-order chi connectivity index (χ0) is 22.5. The van der Waals surface area contributed by atoms with Crippen LogP contribution in [0.1, 0.15) is 44.5 Å². The molecule has 0 aliphatic heterocycles. The SMILES string of the molecule is CC[C@H](C)c1nc2ccc(Br)cc2c(=O)n1N=Cc1ccc(O[C@H](C)C(=O)OC)cc1. The zero-order valence-corrected chi connectivity index (χ0v) is 19.4. The summed E-state index contributed by atoms with van der Waals surface area (Å²) < 4.78 is 12.4. The molecule has 0 unspecified atom stereocenters. The van der Waals surface area contributed by atoms with Crippen molar-refractivity contribution in [3.8, 4) is 5.75 Å². The topological polar surface area (TPSA) is 82.8 Å². The second-order valence-electron chi connectivity index (χ2n) is 7.15. The van der Waals surface area contributed by atoms with Crippen LogP contribution in [0.15, 0.2) is 56.8 Å². The molecule has 0 fully saturated rings. The van der Waals surface area contributed by atoms with Crippen molar-refractivity contribution in [1.29, 1.82) is 0 Å². The lowest BCUT2D eigenvalue weighted by atomic mass is 10.1. The van der Waals surface area contributed by atoms with Crippen molar-refractivity contribution >= 4 is 39.0 Å². The molecule has 0 radical (unpaired) electrons. The molecule has 162 valence electrons. The van der Waals surface area contributed by atoms with Gasteiger partial charge in [-0.1, -0.05) is 29.8 Å². The van der Waals surface area contributed by atoms with Crippen molar-refractivity contribution in [2.75, 3.05) is 7.11 Å². The number of carbonyl (C=O) groups is 1. The van der Waals surface area contributed by atoms with Crippen LogP contribution in [0, 0.1) is 0 Å². The first-order valence-electron chi connectivity index (χ1n) is 9.95. The molecule has 31 heavy (non-hydrogen) atoms. The molecule has 0 amide bonds. The van der Waals surface area contributed by atoms with Gasteiger partial charge in [-0.05, 0) is 61.4 Å². The number of aromatic nitrogens is 2. The number of hydrogen-bond donors (Lipinski definition) is 0. The van der Waals surface area contributed by atoms with Crippen LogP contribution < -0.4 is 10.3 Å². The lowest BCUT2D eigenvalue weighted by molar-refractivity contribution is -0.147. The van der Waals surface area contributed by atoms with E-state index < -0.39 is 12.1 Å². The number of halogens is 1. The van der Waals surface area contributed by atoms with E-state index in [1.807, 2.05) is 26.0 Å². The number of nitrogens with zero attached hydrogens (tertiary/aromatic N) is 3. The maximum atomic E-state index is 13.1. The normalized spacial score (nSPS) is 13.3. The van der Waals surface area contributed by atoms with Crippen molar-refractivity contribution in [3.05, 3.63) is 68.7 Å². The average molecular weight is 486 g/mol. The highest BCUT2D eigenvalue weighted by Gasteiger charge is 2.16. The Labute approximate surface area is 188 Å². The number of benzene rings is 2. The predicted octanol–water partition coefficient (Wildman–Crippen LogP) is 4.50. The molecular formula is C23H24BrN3O4. The van der Waals surface area contributed by atoms with Crippen molar-refractivity contribution in [1.82, 2.24) is 9.66 Å². The van der Waals surface area contributed by atoms with E-state index in [4.69, 9.17) is 9.72 Å². The Hall–Kier alpha value is -3.00. The van der Waals surface area contributed by atoms with E-state index in [9.17, 15) is 9.59 Å². The lowest BCUT2D eigenvalue weighted by Gasteiger charge is -2.14. The van der Waals surface area contributed by atoms with Gasteiger partial charge in [-0.25, -0.2) is 9.78 Å². The Morgan fingerprint density at radius 1 is 1.23 bits per heavy atom. The van der Waals surface area contributed by atoms with Gasteiger partial charge in [-0.2, -0.15) is 9.78 Å². The minimum atomic E-state index is -0.704. The highest BCUT2D eigenvalue weighted by atomic mass is 79.9. The minimum Gasteiger partial charge on any atom is -0.479 e. The van der Waals surface area contributed by atoms with Crippen molar-refractivity contribution < 1.29 is 14.3 Å². The quantitative estimate of drug-likeness (QED) is 0.363. The molecule has 1 aromatic heterocycles. The Morgan fingerprint density at radius 2 is 1.94 bits per heavy atom. The van der Waals surface area contributed by atoms with Gasteiger partial charge >= 0.3 is 5.97 Å². The van der Waals surface area contributed by atoms with Gasteiger partial charge in [0.25, 0.3) is 5.56 Å². The Balaban J connectivity index is 1.94. The van der Waals surface area contributed by atoms with Crippen LogP contribution >= 0.6 is 15.9 Å². The van der Waals surface area contributed by atoms with Crippen LogP contribution in [0.3, 0.4) is 0 Å². The Bertz CT molecular complexity index is 1170. The summed E-state index contributed by atoms with van der Waals surface area (Å²) in [6, 6.07) is 12.5. The minimum absolute atomic E-state index is 0.0634. The van der Waals surface area contributed by atoms with E-state index in [-0.39, 0.29) is 11.5 Å². The van der Waals surface area contributed by atoms with E-state index >= 15 is 0 Å². The molecule has 7 nitrogen and oxygen atoms in total. The standard InChI is InChI=1S/C23H24BrN3O4/c1-5-14(2)21-26-20-11-8-17(24)12-19(20)22(28)27(21)25-13-16-6-9-18(10-7-16)31-15(3)23(29)30-4/h6-15H,5H2,1-4H3/t14-,15+/m0/s1. The maximum absolute atomic E-state index is 13.1. The van der Waals surface area contributed by atoms with Crippen LogP contribution in [-0.4, -0.2) is 35.1 Å². The summed E-state index contributed by atoms with van der Waals surface area (Å²) in [6.45, 7) is 5.69. The molecule has 2 aromatic carbocycles. The number of hydrogen-bond acceptors (Lipinski definition) is 6. The van der Waals surface area contributed by atoms with Gasteiger partial charge in [-0.15, -0.1) is 0 Å². The highest BCUT2D eigenvalue weighted by molar-refractivity contribution is 9.10. The lowest BCUT2D eigenvalue weighted by Crippen LogP contribution is -2.24. The second-order valence-corrected chi connectivity index (χ2v) is 8.07. The van der Waals surface area contributed by atoms with Crippen molar-refractivity contribution in [2.45, 2.75) is 39.2 Å². The largest absolute Gasteiger partial charge is 0.479 e. The van der Waals surface area contributed by atoms with Gasteiger partial charge in [0, 0.05) is 10.4 Å². The van der Waals surface area contributed by atoms with E-state index in [0.29, 0.717) is 22.5 Å². The molecule has 3 rings (SSSR count). The van der Waals surface area contributed by atoms with Crippen LogP contribution in [0.4, 0.5) is 0 Å². The number of fused-ring (bicyclic) bond motifs is 1.